The Bertz CT molecular complexity index is 740. The van der Waals surface area contributed by atoms with Crippen LogP contribution in [0.4, 0.5) is 0 Å². The van der Waals surface area contributed by atoms with Crippen molar-refractivity contribution in [2.24, 2.45) is 0 Å². The number of rotatable bonds is 7. The maximum Gasteiger partial charge on any atom is 0.330 e. The molecule has 0 aromatic heterocycles. The number of benzene rings is 2. The van der Waals surface area contributed by atoms with E-state index in [1.165, 1.54) is 0 Å². The van der Waals surface area contributed by atoms with Gasteiger partial charge in [0.2, 0.25) is 5.91 Å². The average molecular weight is 341 g/mol. The van der Waals surface area contributed by atoms with Gasteiger partial charge in [-0.1, -0.05) is 43.3 Å². The zero-order valence-electron chi connectivity index (χ0n) is 14.7. The van der Waals surface area contributed by atoms with E-state index in [2.05, 4.69) is 5.32 Å². The second-order valence-electron chi connectivity index (χ2n) is 6.07. The highest BCUT2D eigenvalue weighted by molar-refractivity contribution is 5.85. The summed E-state index contributed by atoms with van der Waals surface area (Å²) in [5.41, 5.74) is 2.71. The second-order valence-corrected chi connectivity index (χ2v) is 6.07. The summed E-state index contributed by atoms with van der Waals surface area (Å²) in [5, 5.41) is 12.1. The molecule has 0 aliphatic rings. The van der Waals surface area contributed by atoms with Crippen LogP contribution in [-0.2, 0) is 9.59 Å². The van der Waals surface area contributed by atoms with E-state index >= 15 is 0 Å². The van der Waals surface area contributed by atoms with Crippen LogP contribution in [0.15, 0.2) is 48.5 Å². The lowest BCUT2D eigenvalue weighted by molar-refractivity contribution is -0.142. The monoisotopic (exact) mass is 341 g/mol. The Morgan fingerprint density at radius 1 is 1.12 bits per heavy atom. The van der Waals surface area contributed by atoms with Crippen LogP contribution in [-0.4, -0.2) is 24.1 Å². The van der Waals surface area contributed by atoms with E-state index in [4.69, 9.17) is 4.74 Å². The molecular formula is C20H23NO4. The second kappa shape index (κ2) is 8.33. The largest absolute Gasteiger partial charge is 0.497 e. The molecule has 25 heavy (non-hydrogen) atoms. The minimum Gasteiger partial charge on any atom is -0.497 e. The normalized spacial score (nSPS) is 12.9. The summed E-state index contributed by atoms with van der Waals surface area (Å²) >= 11 is 0. The van der Waals surface area contributed by atoms with Crippen molar-refractivity contribution < 1.29 is 19.4 Å². The molecule has 0 saturated heterocycles. The summed E-state index contributed by atoms with van der Waals surface area (Å²) in [7, 11) is 1.54. The van der Waals surface area contributed by atoms with Gasteiger partial charge in [-0.15, -0.1) is 0 Å². The summed E-state index contributed by atoms with van der Waals surface area (Å²) < 4.78 is 5.07. The smallest absolute Gasteiger partial charge is 0.330 e. The van der Waals surface area contributed by atoms with Crippen LogP contribution in [0.5, 0.6) is 5.75 Å². The lowest BCUT2D eigenvalue weighted by atomic mass is 9.93. The number of aliphatic carboxylic acids is 1. The van der Waals surface area contributed by atoms with Gasteiger partial charge in [0.05, 0.1) is 7.11 Å². The molecule has 2 aromatic carbocycles. The summed E-state index contributed by atoms with van der Waals surface area (Å²) in [5.74, 6) is -0.750. The third-order valence-corrected chi connectivity index (χ3v) is 4.21. The number of carboxylic acid groups (broad SMARTS) is 1. The van der Waals surface area contributed by atoms with Crippen LogP contribution in [0, 0.1) is 6.92 Å². The number of hydrogen-bond donors (Lipinski definition) is 2. The third kappa shape index (κ3) is 4.83. The highest BCUT2D eigenvalue weighted by Gasteiger charge is 2.23. The quantitative estimate of drug-likeness (QED) is 0.809. The zero-order valence-corrected chi connectivity index (χ0v) is 14.7. The predicted molar refractivity (Wildman–Crippen MR) is 95.7 cm³/mol. The Labute approximate surface area is 147 Å². The molecule has 0 spiro atoms. The number of amides is 1. The standard InChI is InChI=1S/C20H23NO4/c1-13-6-4-5-7-17(13)14(2)12-18(22)21-19(20(23)24)15-8-10-16(25-3)11-9-15/h4-11,14,19H,12H2,1-3H3,(H,21,22)(H,23,24). The molecule has 2 aromatic rings. The molecule has 0 aliphatic heterocycles. The van der Waals surface area contributed by atoms with Gasteiger partial charge in [0.1, 0.15) is 5.75 Å². The van der Waals surface area contributed by atoms with E-state index < -0.39 is 12.0 Å². The summed E-state index contributed by atoms with van der Waals surface area (Å²) in [4.78, 5) is 23.9. The van der Waals surface area contributed by atoms with Gasteiger partial charge in [0, 0.05) is 6.42 Å². The highest BCUT2D eigenvalue weighted by Crippen LogP contribution is 2.23. The van der Waals surface area contributed by atoms with Gasteiger partial charge in [-0.3, -0.25) is 4.79 Å². The minimum absolute atomic E-state index is 0.00603. The zero-order chi connectivity index (χ0) is 18.4. The van der Waals surface area contributed by atoms with Crippen molar-refractivity contribution in [3.63, 3.8) is 0 Å². The molecule has 132 valence electrons. The van der Waals surface area contributed by atoms with Gasteiger partial charge in [-0.2, -0.15) is 0 Å². The molecule has 1 amide bonds. The van der Waals surface area contributed by atoms with Gasteiger partial charge in [-0.25, -0.2) is 4.79 Å². The van der Waals surface area contributed by atoms with E-state index in [0.29, 0.717) is 11.3 Å². The number of carbonyl (C=O) groups is 2. The average Bonchev–Trinajstić information content (AvgIpc) is 2.60. The van der Waals surface area contributed by atoms with Gasteiger partial charge in [0.25, 0.3) is 0 Å². The summed E-state index contributed by atoms with van der Waals surface area (Å²) in [6.45, 7) is 3.96. The lowest BCUT2D eigenvalue weighted by Gasteiger charge is -2.18. The number of aryl methyl sites for hydroxylation is 1. The van der Waals surface area contributed by atoms with Crippen LogP contribution in [0.1, 0.15) is 42.0 Å². The van der Waals surface area contributed by atoms with Crippen LogP contribution < -0.4 is 10.1 Å². The maximum atomic E-state index is 12.4. The van der Waals surface area contributed by atoms with E-state index in [1.807, 2.05) is 38.1 Å². The Kier molecular flexibility index (Phi) is 6.17. The van der Waals surface area contributed by atoms with Crippen molar-refractivity contribution in [3.05, 3.63) is 65.2 Å². The number of carbonyl (C=O) groups excluding carboxylic acids is 1. The van der Waals surface area contributed by atoms with E-state index in [-0.39, 0.29) is 18.2 Å². The molecule has 0 fully saturated rings. The van der Waals surface area contributed by atoms with Crippen molar-refractivity contribution in [1.82, 2.24) is 5.32 Å². The fourth-order valence-electron chi connectivity index (χ4n) is 2.83. The lowest BCUT2D eigenvalue weighted by Crippen LogP contribution is -2.34. The van der Waals surface area contributed by atoms with Gasteiger partial charge < -0.3 is 15.2 Å². The fraction of sp³-hybridized carbons (Fsp3) is 0.300. The molecular weight excluding hydrogens is 318 g/mol. The number of nitrogens with one attached hydrogen (secondary N) is 1. The van der Waals surface area contributed by atoms with Crippen molar-refractivity contribution in [2.45, 2.75) is 32.2 Å². The Hall–Kier alpha value is -2.82. The number of ether oxygens (including phenoxy) is 1. The van der Waals surface area contributed by atoms with Crippen LogP contribution in [0.2, 0.25) is 0 Å². The van der Waals surface area contributed by atoms with Gasteiger partial charge in [-0.05, 0) is 41.7 Å². The molecule has 5 nitrogen and oxygen atoms in total. The minimum atomic E-state index is -1.10. The molecule has 2 rings (SSSR count). The Morgan fingerprint density at radius 2 is 1.76 bits per heavy atom. The van der Waals surface area contributed by atoms with E-state index in [0.717, 1.165) is 11.1 Å². The first-order chi connectivity index (χ1) is 11.9. The van der Waals surface area contributed by atoms with Gasteiger partial charge >= 0.3 is 5.97 Å². The third-order valence-electron chi connectivity index (χ3n) is 4.21. The Morgan fingerprint density at radius 3 is 2.32 bits per heavy atom. The number of methoxy groups -OCH3 is 1. The van der Waals surface area contributed by atoms with Crippen molar-refractivity contribution in [3.8, 4) is 5.75 Å². The number of carboxylic acids is 1. The molecule has 5 heteroatoms. The van der Waals surface area contributed by atoms with Gasteiger partial charge in [0.15, 0.2) is 6.04 Å². The molecule has 2 atom stereocenters. The molecule has 2 unspecified atom stereocenters. The molecule has 2 N–H and O–H groups in total. The fourth-order valence-corrected chi connectivity index (χ4v) is 2.83. The van der Waals surface area contributed by atoms with Crippen LogP contribution in [0.25, 0.3) is 0 Å². The van der Waals surface area contributed by atoms with Crippen LogP contribution in [0.3, 0.4) is 0 Å². The maximum absolute atomic E-state index is 12.4. The summed E-state index contributed by atoms with van der Waals surface area (Å²) in [6, 6.07) is 13.4. The molecule has 0 radical (unpaired) electrons. The molecule has 0 bridgehead atoms. The topological polar surface area (TPSA) is 75.6 Å². The first kappa shape index (κ1) is 18.5. The SMILES string of the molecule is COc1ccc(C(NC(=O)CC(C)c2ccccc2C)C(=O)O)cc1. The van der Waals surface area contributed by atoms with Crippen molar-refractivity contribution >= 4 is 11.9 Å². The highest BCUT2D eigenvalue weighted by atomic mass is 16.5. The molecule has 0 aliphatic carbocycles. The van der Waals surface area contributed by atoms with Crippen molar-refractivity contribution in [1.29, 1.82) is 0 Å². The molecule has 0 heterocycles. The number of hydrogen-bond acceptors (Lipinski definition) is 3. The molecule has 0 saturated carbocycles. The van der Waals surface area contributed by atoms with E-state index in [1.54, 1.807) is 31.4 Å². The van der Waals surface area contributed by atoms with Crippen LogP contribution >= 0.6 is 0 Å². The first-order valence-electron chi connectivity index (χ1n) is 8.14. The first-order valence-corrected chi connectivity index (χ1v) is 8.14. The van der Waals surface area contributed by atoms with E-state index in [9.17, 15) is 14.7 Å². The Balaban J connectivity index is 2.07. The summed E-state index contributed by atoms with van der Waals surface area (Å²) in [6.07, 6.45) is 0.227. The van der Waals surface area contributed by atoms with Crippen molar-refractivity contribution in [2.75, 3.05) is 7.11 Å². The predicted octanol–water partition coefficient (Wildman–Crippen LogP) is 3.44.